The molecule has 3 heterocycles. The number of para-hydroxylation sites is 1. The summed E-state index contributed by atoms with van der Waals surface area (Å²) in [5.41, 5.74) is 3.62. The summed E-state index contributed by atoms with van der Waals surface area (Å²) < 4.78 is 0.945. The fourth-order valence-corrected chi connectivity index (χ4v) is 4.37. The zero-order valence-electron chi connectivity index (χ0n) is 19.2. The summed E-state index contributed by atoms with van der Waals surface area (Å²) in [6.07, 6.45) is 4.58. The van der Waals surface area contributed by atoms with Gasteiger partial charge in [-0.3, -0.25) is 10.4 Å². The summed E-state index contributed by atoms with van der Waals surface area (Å²) in [4.78, 5) is 8.95. The lowest BCUT2D eigenvalue weighted by Gasteiger charge is -2.41. The van der Waals surface area contributed by atoms with Gasteiger partial charge < -0.3 is 15.0 Å². The monoisotopic (exact) mass is 443 g/mol. The van der Waals surface area contributed by atoms with Crippen LogP contribution in [0, 0.1) is 11.1 Å². The topological polar surface area (TPSA) is 87.0 Å². The number of hydrogen-bond acceptors (Lipinski definition) is 6. The summed E-state index contributed by atoms with van der Waals surface area (Å²) in [5.74, 6) is 1.45. The zero-order chi connectivity index (χ0) is 22.9. The van der Waals surface area contributed by atoms with Gasteiger partial charge in [0, 0.05) is 11.1 Å². The molecule has 0 aliphatic carbocycles. The fraction of sp³-hybridized carbons (Fsp3) is 0.320. The molecular formula is C25H29N7O. The van der Waals surface area contributed by atoms with Crippen molar-refractivity contribution in [2.45, 2.75) is 33.2 Å². The van der Waals surface area contributed by atoms with Gasteiger partial charge in [-0.2, -0.15) is 5.10 Å². The molecule has 0 radical (unpaired) electrons. The van der Waals surface area contributed by atoms with E-state index in [0.717, 1.165) is 52.2 Å². The SMILES string of the molecule is CC(C)CCN1c2c(cnc(Nc3ccc4[nH]ncc4c3)[n+]2[O-])N(c2ccccc2)CC1C. The van der Waals surface area contributed by atoms with Gasteiger partial charge in [0.15, 0.2) is 0 Å². The molecule has 1 aliphatic rings. The first-order valence-corrected chi connectivity index (χ1v) is 11.4. The van der Waals surface area contributed by atoms with Crippen LogP contribution >= 0.6 is 0 Å². The Hall–Kier alpha value is -3.81. The van der Waals surface area contributed by atoms with Gasteiger partial charge in [-0.25, -0.2) is 4.73 Å². The van der Waals surface area contributed by atoms with E-state index in [2.05, 4.69) is 63.2 Å². The maximum absolute atomic E-state index is 13.7. The minimum atomic E-state index is 0.175. The van der Waals surface area contributed by atoms with E-state index in [0.29, 0.717) is 11.7 Å². The van der Waals surface area contributed by atoms with Crippen molar-refractivity contribution >= 4 is 39.7 Å². The van der Waals surface area contributed by atoms with Crippen LogP contribution in [0.5, 0.6) is 0 Å². The molecule has 1 unspecified atom stereocenters. The number of nitrogens with one attached hydrogen (secondary N) is 2. The van der Waals surface area contributed by atoms with E-state index in [1.54, 1.807) is 6.20 Å². The third-order valence-electron chi connectivity index (χ3n) is 6.18. The van der Waals surface area contributed by atoms with E-state index in [9.17, 15) is 5.21 Å². The van der Waals surface area contributed by atoms with E-state index < -0.39 is 0 Å². The van der Waals surface area contributed by atoms with Crippen LogP contribution < -0.4 is 19.8 Å². The molecule has 8 heteroatoms. The average molecular weight is 444 g/mol. The van der Waals surface area contributed by atoms with Crippen molar-refractivity contribution in [2.24, 2.45) is 5.92 Å². The predicted molar refractivity (Wildman–Crippen MR) is 132 cm³/mol. The quantitative estimate of drug-likeness (QED) is 0.331. The number of aromatic nitrogens is 4. The number of anilines is 5. The Morgan fingerprint density at radius 2 is 2.00 bits per heavy atom. The largest absolute Gasteiger partial charge is 0.754 e. The molecule has 4 aromatic rings. The van der Waals surface area contributed by atoms with Gasteiger partial charge in [0.25, 0.3) is 0 Å². The Morgan fingerprint density at radius 1 is 1.18 bits per heavy atom. The summed E-state index contributed by atoms with van der Waals surface area (Å²) in [7, 11) is 0. The van der Waals surface area contributed by atoms with Crippen LogP contribution in [0.15, 0.2) is 60.9 Å². The first kappa shape index (κ1) is 21.1. The van der Waals surface area contributed by atoms with Crippen molar-refractivity contribution < 1.29 is 4.73 Å². The molecule has 170 valence electrons. The van der Waals surface area contributed by atoms with E-state index in [-0.39, 0.29) is 12.0 Å². The Morgan fingerprint density at radius 3 is 2.79 bits per heavy atom. The highest BCUT2D eigenvalue weighted by atomic mass is 16.5. The van der Waals surface area contributed by atoms with E-state index >= 15 is 0 Å². The molecule has 5 rings (SSSR count). The van der Waals surface area contributed by atoms with Crippen molar-refractivity contribution in [1.82, 2.24) is 15.2 Å². The van der Waals surface area contributed by atoms with E-state index in [1.807, 2.05) is 42.6 Å². The molecule has 0 amide bonds. The second kappa shape index (κ2) is 8.61. The molecule has 0 fully saturated rings. The molecule has 0 bridgehead atoms. The number of aromatic amines is 1. The van der Waals surface area contributed by atoms with E-state index in [1.165, 1.54) is 0 Å². The number of nitrogens with zero attached hydrogens (tertiary/aromatic N) is 5. The van der Waals surface area contributed by atoms with Crippen molar-refractivity contribution in [1.29, 1.82) is 0 Å². The zero-order valence-corrected chi connectivity index (χ0v) is 19.2. The van der Waals surface area contributed by atoms with Crippen LogP contribution in [0.4, 0.5) is 28.8 Å². The molecule has 1 atom stereocenters. The Kier molecular flexibility index (Phi) is 5.50. The number of H-pyrrole nitrogens is 1. The van der Waals surface area contributed by atoms with E-state index in [4.69, 9.17) is 0 Å². The third kappa shape index (κ3) is 4.04. The Labute approximate surface area is 193 Å². The summed E-state index contributed by atoms with van der Waals surface area (Å²) in [5, 5.41) is 24.9. The standard InChI is InChI=1S/C25H29N7O/c1-17(2)11-12-30-18(3)16-31(21-7-5-4-6-8-21)23-15-26-25(32(33)24(23)30)28-20-9-10-22-19(13-20)14-27-29-22/h4-10,13-15,17-18H,11-12,16H2,1-3H3,(H,26,28)(H,27,29). The highest BCUT2D eigenvalue weighted by Crippen LogP contribution is 2.38. The predicted octanol–water partition coefficient (Wildman–Crippen LogP) is 4.73. The van der Waals surface area contributed by atoms with Crippen LogP contribution in [0.25, 0.3) is 10.9 Å². The summed E-state index contributed by atoms with van der Waals surface area (Å²) in [6.45, 7) is 8.21. The molecule has 2 aromatic heterocycles. The van der Waals surface area contributed by atoms with Gasteiger partial charge in [-0.15, -0.1) is 4.98 Å². The smallest absolute Gasteiger partial charge is 0.351 e. The molecule has 2 N–H and O–H groups in total. The first-order valence-electron chi connectivity index (χ1n) is 11.4. The van der Waals surface area contributed by atoms with Crippen molar-refractivity contribution in [3.05, 3.63) is 66.1 Å². The maximum Gasteiger partial charge on any atom is 0.351 e. The minimum Gasteiger partial charge on any atom is -0.754 e. The fourth-order valence-electron chi connectivity index (χ4n) is 4.37. The number of fused-ring (bicyclic) bond motifs is 2. The van der Waals surface area contributed by atoms with Gasteiger partial charge in [-0.05, 0) is 49.6 Å². The first-order chi connectivity index (χ1) is 16.0. The Balaban J connectivity index is 1.56. The summed E-state index contributed by atoms with van der Waals surface area (Å²) in [6, 6.07) is 16.2. The number of benzene rings is 2. The minimum absolute atomic E-state index is 0.175. The van der Waals surface area contributed by atoms with Gasteiger partial charge in [0.05, 0.1) is 36.5 Å². The van der Waals surface area contributed by atoms with Crippen molar-refractivity contribution in [3.63, 3.8) is 0 Å². The molecule has 0 spiro atoms. The highest BCUT2D eigenvalue weighted by Gasteiger charge is 2.35. The third-order valence-corrected chi connectivity index (χ3v) is 6.18. The molecule has 0 saturated heterocycles. The van der Waals surface area contributed by atoms with Gasteiger partial charge in [0.1, 0.15) is 11.9 Å². The molecule has 1 aliphatic heterocycles. The average Bonchev–Trinajstić information content (AvgIpc) is 3.28. The molecule has 8 nitrogen and oxygen atoms in total. The molecule has 33 heavy (non-hydrogen) atoms. The van der Waals surface area contributed by atoms with Gasteiger partial charge >= 0.3 is 5.95 Å². The second-order valence-corrected chi connectivity index (χ2v) is 9.05. The lowest BCUT2D eigenvalue weighted by atomic mass is 10.1. The van der Waals surface area contributed by atoms with Crippen LogP contribution in [0.1, 0.15) is 27.2 Å². The maximum atomic E-state index is 13.7. The lowest BCUT2D eigenvalue weighted by Crippen LogP contribution is -2.53. The van der Waals surface area contributed by atoms with Gasteiger partial charge in [0.2, 0.25) is 5.82 Å². The van der Waals surface area contributed by atoms with Crippen molar-refractivity contribution in [2.75, 3.05) is 28.2 Å². The molecule has 2 aromatic carbocycles. The van der Waals surface area contributed by atoms with Crippen molar-refractivity contribution in [3.8, 4) is 0 Å². The number of hydrogen-bond donors (Lipinski definition) is 2. The van der Waals surface area contributed by atoms with Crippen LogP contribution in [-0.2, 0) is 0 Å². The second-order valence-electron chi connectivity index (χ2n) is 9.05. The highest BCUT2D eigenvalue weighted by molar-refractivity contribution is 5.82. The Bertz CT molecular complexity index is 1250. The van der Waals surface area contributed by atoms with Gasteiger partial charge in [-0.1, -0.05) is 32.0 Å². The molecular weight excluding hydrogens is 414 g/mol. The van der Waals surface area contributed by atoms with Crippen LogP contribution in [0.3, 0.4) is 0 Å². The van der Waals surface area contributed by atoms with Crippen LogP contribution in [-0.4, -0.2) is 34.3 Å². The normalized spacial score (nSPS) is 15.8. The van der Waals surface area contributed by atoms with Crippen LogP contribution in [0.2, 0.25) is 0 Å². The summed E-state index contributed by atoms with van der Waals surface area (Å²) >= 11 is 0. The lowest BCUT2D eigenvalue weighted by molar-refractivity contribution is -0.579. The number of rotatable bonds is 6. The molecule has 0 saturated carbocycles.